The molecule has 1 aliphatic rings. The van der Waals surface area contributed by atoms with Crippen LogP contribution in [0.2, 0.25) is 0 Å². The molecule has 1 saturated heterocycles. The van der Waals surface area contributed by atoms with Crippen molar-refractivity contribution in [3.8, 4) is 5.75 Å². The Kier molecular flexibility index (Phi) is 6.04. The molecule has 3 rings (SSSR count). The zero-order valence-corrected chi connectivity index (χ0v) is 14.5. The van der Waals surface area contributed by atoms with Crippen molar-refractivity contribution in [2.45, 2.75) is 31.6 Å². The number of likely N-dealkylation sites (tertiary alicyclic amines) is 1. The summed E-state index contributed by atoms with van der Waals surface area (Å²) in [6.07, 6.45) is -2.17. The SMILES string of the molecule is FC(F)(F)COc1ccc(CN2CCC(Nc3ccccc3)CC2)cc1. The zero-order valence-electron chi connectivity index (χ0n) is 14.5. The zero-order chi connectivity index (χ0) is 18.4. The number of halogens is 3. The van der Waals surface area contributed by atoms with E-state index in [0.29, 0.717) is 6.04 Å². The minimum absolute atomic E-state index is 0.247. The number of hydrogen-bond donors (Lipinski definition) is 1. The van der Waals surface area contributed by atoms with E-state index >= 15 is 0 Å². The first-order valence-corrected chi connectivity index (χ1v) is 8.80. The Morgan fingerprint density at radius 3 is 2.23 bits per heavy atom. The quantitative estimate of drug-likeness (QED) is 0.804. The van der Waals surface area contributed by atoms with E-state index in [4.69, 9.17) is 4.74 Å². The van der Waals surface area contributed by atoms with Crippen molar-refractivity contribution in [2.24, 2.45) is 0 Å². The van der Waals surface area contributed by atoms with Crippen LogP contribution >= 0.6 is 0 Å². The van der Waals surface area contributed by atoms with Crippen LogP contribution in [0.3, 0.4) is 0 Å². The topological polar surface area (TPSA) is 24.5 Å². The fraction of sp³-hybridized carbons (Fsp3) is 0.400. The fourth-order valence-electron chi connectivity index (χ4n) is 3.12. The number of rotatable bonds is 6. The third-order valence-corrected chi connectivity index (χ3v) is 4.46. The third-order valence-electron chi connectivity index (χ3n) is 4.46. The van der Waals surface area contributed by atoms with Gasteiger partial charge in [0.25, 0.3) is 0 Å². The van der Waals surface area contributed by atoms with E-state index in [2.05, 4.69) is 22.3 Å². The highest BCUT2D eigenvalue weighted by Gasteiger charge is 2.28. The molecule has 26 heavy (non-hydrogen) atoms. The summed E-state index contributed by atoms with van der Waals surface area (Å²) in [6.45, 7) is 1.54. The molecule has 0 amide bonds. The summed E-state index contributed by atoms with van der Waals surface area (Å²) in [5, 5.41) is 3.56. The van der Waals surface area contributed by atoms with Gasteiger partial charge in [-0.25, -0.2) is 0 Å². The maximum atomic E-state index is 12.2. The van der Waals surface area contributed by atoms with Crippen molar-refractivity contribution in [3.63, 3.8) is 0 Å². The number of anilines is 1. The Balaban J connectivity index is 1.43. The lowest BCUT2D eigenvalue weighted by molar-refractivity contribution is -0.153. The van der Waals surface area contributed by atoms with Crippen LogP contribution in [0.1, 0.15) is 18.4 Å². The van der Waals surface area contributed by atoms with E-state index in [-0.39, 0.29) is 5.75 Å². The molecule has 1 N–H and O–H groups in total. The Morgan fingerprint density at radius 2 is 1.62 bits per heavy atom. The van der Waals surface area contributed by atoms with Gasteiger partial charge in [0.15, 0.2) is 6.61 Å². The van der Waals surface area contributed by atoms with Gasteiger partial charge in [-0.15, -0.1) is 0 Å². The Hall–Kier alpha value is -2.21. The fourth-order valence-corrected chi connectivity index (χ4v) is 3.12. The van der Waals surface area contributed by atoms with E-state index in [1.54, 1.807) is 12.1 Å². The molecule has 0 radical (unpaired) electrons. The summed E-state index contributed by atoms with van der Waals surface area (Å²) in [6, 6.07) is 17.6. The summed E-state index contributed by atoms with van der Waals surface area (Å²) in [4.78, 5) is 2.37. The van der Waals surface area contributed by atoms with Crippen LogP contribution < -0.4 is 10.1 Å². The molecular formula is C20H23F3N2O. The van der Waals surface area contributed by atoms with Crippen LogP contribution in [0, 0.1) is 0 Å². The van der Waals surface area contributed by atoms with Gasteiger partial charge in [0.1, 0.15) is 5.75 Å². The predicted octanol–water partition coefficient (Wildman–Crippen LogP) is 4.70. The molecule has 1 fully saturated rings. The predicted molar refractivity (Wildman–Crippen MR) is 96.4 cm³/mol. The first-order chi connectivity index (χ1) is 12.5. The number of alkyl halides is 3. The Morgan fingerprint density at radius 1 is 0.962 bits per heavy atom. The van der Waals surface area contributed by atoms with Gasteiger partial charge in [-0.1, -0.05) is 30.3 Å². The van der Waals surface area contributed by atoms with Crippen molar-refractivity contribution in [3.05, 3.63) is 60.2 Å². The van der Waals surface area contributed by atoms with Gasteiger partial charge < -0.3 is 10.1 Å². The highest BCUT2D eigenvalue weighted by atomic mass is 19.4. The molecule has 3 nitrogen and oxygen atoms in total. The number of hydrogen-bond acceptors (Lipinski definition) is 3. The molecule has 0 unspecified atom stereocenters. The second-order valence-electron chi connectivity index (χ2n) is 6.61. The van der Waals surface area contributed by atoms with E-state index in [1.165, 1.54) is 0 Å². The third kappa shape index (κ3) is 5.95. The lowest BCUT2D eigenvalue weighted by atomic mass is 10.0. The molecule has 0 saturated carbocycles. The van der Waals surface area contributed by atoms with Gasteiger partial charge in [0.05, 0.1) is 0 Å². The molecule has 0 aliphatic carbocycles. The average molecular weight is 364 g/mol. The molecule has 1 heterocycles. The van der Waals surface area contributed by atoms with Crippen molar-refractivity contribution in [2.75, 3.05) is 25.0 Å². The summed E-state index contributed by atoms with van der Waals surface area (Å²) in [7, 11) is 0. The van der Waals surface area contributed by atoms with Gasteiger partial charge >= 0.3 is 6.18 Å². The van der Waals surface area contributed by atoms with E-state index in [9.17, 15) is 13.2 Å². The second kappa shape index (κ2) is 8.45. The summed E-state index contributed by atoms with van der Waals surface area (Å²) in [5.74, 6) is 0.247. The molecule has 1 aliphatic heterocycles. The molecule has 0 bridgehead atoms. The molecule has 0 atom stereocenters. The van der Waals surface area contributed by atoms with Crippen molar-refractivity contribution in [1.82, 2.24) is 4.90 Å². The van der Waals surface area contributed by atoms with Crippen LogP contribution in [-0.2, 0) is 6.54 Å². The molecule has 2 aromatic carbocycles. The molecular weight excluding hydrogens is 341 g/mol. The highest BCUT2D eigenvalue weighted by Crippen LogP contribution is 2.21. The summed E-state index contributed by atoms with van der Waals surface area (Å²) in [5.41, 5.74) is 2.24. The number of nitrogens with zero attached hydrogens (tertiary/aromatic N) is 1. The van der Waals surface area contributed by atoms with Crippen LogP contribution in [0.5, 0.6) is 5.75 Å². The van der Waals surface area contributed by atoms with Gasteiger partial charge in [-0.05, 0) is 42.7 Å². The standard InChI is InChI=1S/C20H23F3N2O/c21-20(22,23)15-26-19-8-6-16(7-9-19)14-25-12-10-18(11-13-25)24-17-4-2-1-3-5-17/h1-9,18,24H,10-15H2. The van der Waals surface area contributed by atoms with Crippen LogP contribution in [-0.4, -0.2) is 36.8 Å². The largest absolute Gasteiger partial charge is 0.484 e. The van der Waals surface area contributed by atoms with Crippen LogP contribution in [0.25, 0.3) is 0 Å². The first kappa shape index (κ1) is 18.6. The lowest BCUT2D eigenvalue weighted by Gasteiger charge is -2.33. The summed E-state index contributed by atoms with van der Waals surface area (Å²) >= 11 is 0. The Bertz CT molecular complexity index is 666. The van der Waals surface area contributed by atoms with Gasteiger partial charge in [-0.2, -0.15) is 13.2 Å². The smallest absolute Gasteiger partial charge is 0.422 e. The highest BCUT2D eigenvalue weighted by molar-refractivity contribution is 5.43. The van der Waals surface area contributed by atoms with Gasteiger partial charge in [-0.3, -0.25) is 4.90 Å². The van der Waals surface area contributed by atoms with Crippen LogP contribution in [0.15, 0.2) is 54.6 Å². The number of ether oxygens (including phenoxy) is 1. The van der Waals surface area contributed by atoms with Crippen molar-refractivity contribution in [1.29, 1.82) is 0 Å². The van der Waals surface area contributed by atoms with Crippen LogP contribution in [0.4, 0.5) is 18.9 Å². The molecule has 140 valence electrons. The van der Waals surface area contributed by atoms with Gasteiger partial charge in [0, 0.05) is 31.4 Å². The lowest BCUT2D eigenvalue weighted by Crippen LogP contribution is -2.38. The normalized spacial score (nSPS) is 16.4. The van der Waals surface area contributed by atoms with Crippen molar-refractivity contribution >= 4 is 5.69 Å². The maximum Gasteiger partial charge on any atom is 0.422 e. The maximum absolute atomic E-state index is 12.2. The first-order valence-electron chi connectivity index (χ1n) is 8.80. The van der Waals surface area contributed by atoms with Gasteiger partial charge in [0.2, 0.25) is 0 Å². The average Bonchev–Trinajstić information content (AvgIpc) is 2.63. The minimum Gasteiger partial charge on any atom is -0.484 e. The molecule has 2 aromatic rings. The van der Waals surface area contributed by atoms with E-state index in [1.807, 2.05) is 30.3 Å². The second-order valence-corrected chi connectivity index (χ2v) is 6.61. The monoisotopic (exact) mass is 364 g/mol. The number of benzene rings is 2. The number of para-hydroxylation sites is 1. The molecule has 0 aromatic heterocycles. The number of nitrogens with one attached hydrogen (secondary N) is 1. The number of piperidine rings is 1. The van der Waals surface area contributed by atoms with Crippen molar-refractivity contribution < 1.29 is 17.9 Å². The summed E-state index contributed by atoms with van der Waals surface area (Å²) < 4.78 is 41.2. The van der Waals surface area contributed by atoms with E-state index in [0.717, 1.165) is 43.7 Å². The molecule has 0 spiro atoms. The van der Waals surface area contributed by atoms with E-state index < -0.39 is 12.8 Å². The Labute approximate surface area is 151 Å². The molecule has 6 heteroatoms. The minimum atomic E-state index is -4.31.